The maximum absolute atomic E-state index is 13.9. The summed E-state index contributed by atoms with van der Waals surface area (Å²) in [6.07, 6.45) is 0. The van der Waals surface area contributed by atoms with Gasteiger partial charge in [-0.05, 0) is 19.1 Å². The number of rotatable bonds is 3. The number of hydrogen-bond donors (Lipinski definition) is 2. The Bertz CT molecular complexity index is 538. The van der Waals surface area contributed by atoms with Crippen molar-refractivity contribution in [3.63, 3.8) is 0 Å². The van der Waals surface area contributed by atoms with E-state index in [9.17, 15) is 13.9 Å². The van der Waals surface area contributed by atoms with Gasteiger partial charge in [-0.1, -0.05) is 36.4 Å². The molecule has 0 spiro atoms. The minimum atomic E-state index is -1.91. The van der Waals surface area contributed by atoms with Gasteiger partial charge in [0.2, 0.25) is 0 Å². The number of benzene rings is 2. The lowest BCUT2D eigenvalue weighted by molar-refractivity contribution is 0.0505. The third-order valence-electron chi connectivity index (χ3n) is 3.23. The second-order valence-corrected chi connectivity index (χ2v) is 4.51. The fourth-order valence-electron chi connectivity index (χ4n) is 2.18. The smallest absolute Gasteiger partial charge is 0.135 e. The minimum Gasteiger partial charge on any atom is -0.379 e. The third kappa shape index (κ3) is 2.25. The molecule has 4 heteroatoms. The first-order chi connectivity index (χ1) is 8.98. The van der Waals surface area contributed by atoms with Crippen LogP contribution in [0.25, 0.3) is 0 Å². The Kier molecular flexibility index (Phi) is 3.64. The molecule has 2 nitrogen and oxygen atoms in total. The zero-order valence-corrected chi connectivity index (χ0v) is 10.5. The highest BCUT2D eigenvalue weighted by Gasteiger charge is 2.39. The lowest BCUT2D eigenvalue weighted by atomic mass is 9.80. The van der Waals surface area contributed by atoms with Crippen LogP contribution in [0.2, 0.25) is 0 Å². The van der Waals surface area contributed by atoms with Crippen LogP contribution in [0, 0.1) is 11.6 Å². The molecule has 3 N–H and O–H groups in total. The Labute approximate surface area is 110 Å². The van der Waals surface area contributed by atoms with E-state index in [4.69, 9.17) is 5.73 Å². The Morgan fingerprint density at radius 1 is 0.947 bits per heavy atom. The molecule has 0 aromatic heterocycles. The van der Waals surface area contributed by atoms with Crippen molar-refractivity contribution in [3.05, 3.63) is 71.3 Å². The zero-order chi connectivity index (χ0) is 14.0. The molecule has 2 aromatic rings. The average Bonchev–Trinajstić information content (AvgIpc) is 2.38. The van der Waals surface area contributed by atoms with Crippen molar-refractivity contribution in [2.24, 2.45) is 5.73 Å². The highest BCUT2D eigenvalue weighted by atomic mass is 19.1. The number of halogens is 2. The Balaban J connectivity index is 2.70. The molecule has 2 aromatic carbocycles. The zero-order valence-electron chi connectivity index (χ0n) is 10.5. The summed E-state index contributed by atoms with van der Waals surface area (Å²) in [5, 5.41) is 10.8. The molecule has 100 valence electrons. The van der Waals surface area contributed by atoms with Crippen molar-refractivity contribution in [1.82, 2.24) is 0 Å². The molecule has 0 saturated heterocycles. The highest BCUT2D eigenvalue weighted by Crippen LogP contribution is 2.35. The predicted molar refractivity (Wildman–Crippen MR) is 69.4 cm³/mol. The lowest BCUT2D eigenvalue weighted by Crippen LogP contribution is -2.45. The summed E-state index contributed by atoms with van der Waals surface area (Å²) in [6.45, 7) is 1.51. The lowest BCUT2D eigenvalue weighted by Gasteiger charge is -2.33. The van der Waals surface area contributed by atoms with E-state index in [-0.39, 0.29) is 11.1 Å². The van der Waals surface area contributed by atoms with Crippen LogP contribution in [0.3, 0.4) is 0 Å². The van der Waals surface area contributed by atoms with E-state index in [2.05, 4.69) is 0 Å². The van der Waals surface area contributed by atoms with Gasteiger partial charge in [0.25, 0.3) is 0 Å². The number of nitrogens with two attached hydrogens (primary N) is 1. The fraction of sp³-hybridized carbons (Fsp3) is 0.200. The van der Waals surface area contributed by atoms with E-state index in [1.165, 1.54) is 43.3 Å². The second kappa shape index (κ2) is 5.07. The van der Waals surface area contributed by atoms with Gasteiger partial charge < -0.3 is 10.8 Å². The van der Waals surface area contributed by atoms with Crippen LogP contribution in [0.5, 0.6) is 0 Å². The Morgan fingerprint density at radius 2 is 1.32 bits per heavy atom. The molecule has 1 unspecified atom stereocenters. The monoisotopic (exact) mass is 263 g/mol. The number of hydrogen-bond acceptors (Lipinski definition) is 2. The number of aliphatic hydroxyl groups is 1. The molecule has 19 heavy (non-hydrogen) atoms. The molecular weight excluding hydrogens is 248 g/mol. The topological polar surface area (TPSA) is 46.2 Å². The molecule has 0 aliphatic heterocycles. The fourth-order valence-corrected chi connectivity index (χ4v) is 2.18. The van der Waals surface area contributed by atoms with E-state index in [1.807, 2.05) is 0 Å². The van der Waals surface area contributed by atoms with E-state index in [1.54, 1.807) is 12.1 Å². The summed E-state index contributed by atoms with van der Waals surface area (Å²) in [5.41, 5.74) is 3.82. The molecule has 0 heterocycles. The third-order valence-corrected chi connectivity index (χ3v) is 3.23. The van der Waals surface area contributed by atoms with E-state index >= 15 is 0 Å². The van der Waals surface area contributed by atoms with Crippen LogP contribution in [0.15, 0.2) is 48.5 Å². The van der Waals surface area contributed by atoms with Crippen LogP contribution in [-0.2, 0) is 5.60 Å². The Morgan fingerprint density at radius 3 is 1.63 bits per heavy atom. The highest BCUT2D eigenvalue weighted by molar-refractivity contribution is 5.39. The minimum absolute atomic E-state index is 0.0323. The standard InChI is InChI=1S/C15H15F2NO/c1-10(18)15(19,11-6-2-4-8-13(11)16)12-7-3-5-9-14(12)17/h2-10,19H,18H2,1H3. The molecule has 0 bridgehead atoms. The van der Waals surface area contributed by atoms with Crippen molar-refractivity contribution >= 4 is 0 Å². The molecule has 0 amide bonds. The van der Waals surface area contributed by atoms with Crippen molar-refractivity contribution in [1.29, 1.82) is 0 Å². The van der Waals surface area contributed by atoms with Crippen molar-refractivity contribution < 1.29 is 13.9 Å². The van der Waals surface area contributed by atoms with Gasteiger partial charge in [-0.15, -0.1) is 0 Å². The summed E-state index contributed by atoms with van der Waals surface area (Å²) in [5.74, 6) is -1.24. The first-order valence-corrected chi connectivity index (χ1v) is 5.96. The first kappa shape index (κ1) is 13.6. The van der Waals surface area contributed by atoms with Gasteiger partial charge in [-0.25, -0.2) is 8.78 Å². The normalized spacial score (nSPS) is 13.3. The Hall–Kier alpha value is -1.78. The summed E-state index contributed by atoms with van der Waals surface area (Å²) in [7, 11) is 0. The van der Waals surface area contributed by atoms with Gasteiger partial charge in [0, 0.05) is 17.2 Å². The van der Waals surface area contributed by atoms with Crippen LogP contribution in [-0.4, -0.2) is 11.1 Å². The molecule has 1 atom stereocenters. The van der Waals surface area contributed by atoms with Gasteiger partial charge in [-0.2, -0.15) is 0 Å². The van der Waals surface area contributed by atoms with Crippen LogP contribution in [0.4, 0.5) is 8.78 Å². The molecule has 0 radical (unpaired) electrons. The maximum atomic E-state index is 13.9. The molecule has 0 aliphatic carbocycles. The first-order valence-electron chi connectivity index (χ1n) is 5.96. The molecule has 0 aliphatic rings. The van der Waals surface area contributed by atoms with Gasteiger partial charge in [0.1, 0.15) is 17.2 Å². The molecule has 0 fully saturated rings. The predicted octanol–water partition coefficient (Wildman–Crippen LogP) is 2.55. The van der Waals surface area contributed by atoms with Gasteiger partial charge >= 0.3 is 0 Å². The SMILES string of the molecule is CC(N)C(O)(c1ccccc1F)c1ccccc1F. The summed E-state index contributed by atoms with van der Waals surface area (Å²) >= 11 is 0. The molecule has 2 rings (SSSR count). The van der Waals surface area contributed by atoms with Crippen molar-refractivity contribution in [3.8, 4) is 0 Å². The van der Waals surface area contributed by atoms with Gasteiger partial charge in [0.05, 0.1) is 0 Å². The van der Waals surface area contributed by atoms with E-state index in [0.717, 1.165) is 0 Å². The summed E-state index contributed by atoms with van der Waals surface area (Å²) < 4.78 is 27.8. The average molecular weight is 263 g/mol. The summed E-state index contributed by atoms with van der Waals surface area (Å²) in [4.78, 5) is 0. The van der Waals surface area contributed by atoms with E-state index < -0.39 is 23.3 Å². The van der Waals surface area contributed by atoms with Crippen LogP contribution >= 0.6 is 0 Å². The van der Waals surface area contributed by atoms with Crippen LogP contribution in [0.1, 0.15) is 18.1 Å². The van der Waals surface area contributed by atoms with E-state index in [0.29, 0.717) is 0 Å². The second-order valence-electron chi connectivity index (χ2n) is 4.51. The van der Waals surface area contributed by atoms with Gasteiger partial charge in [-0.3, -0.25) is 0 Å². The molecular formula is C15H15F2NO. The largest absolute Gasteiger partial charge is 0.379 e. The van der Waals surface area contributed by atoms with Gasteiger partial charge in [0.15, 0.2) is 0 Å². The summed E-state index contributed by atoms with van der Waals surface area (Å²) in [6, 6.07) is 10.5. The van der Waals surface area contributed by atoms with Crippen molar-refractivity contribution in [2.75, 3.05) is 0 Å². The van der Waals surface area contributed by atoms with Crippen LogP contribution < -0.4 is 5.73 Å². The van der Waals surface area contributed by atoms with Crippen molar-refractivity contribution in [2.45, 2.75) is 18.6 Å². The quantitative estimate of drug-likeness (QED) is 0.894. The maximum Gasteiger partial charge on any atom is 0.135 e. The molecule has 0 saturated carbocycles.